The molecule has 1 heterocycles. The SMILES string of the molecule is C=CC[C@@H]1COC(=O)N1NC(=O)OCC. The van der Waals surface area contributed by atoms with E-state index >= 15 is 0 Å². The van der Waals surface area contributed by atoms with Gasteiger partial charge in [0, 0.05) is 0 Å². The van der Waals surface area contributed by atoms with Gasteiger partial charge in [0.15, 0.2) is 0 Å². The molecule has 6 nitrogen and oxygen atoms in total. The van der Waals surface area contributed by atoms with E-state index in [-0.39, 0.29) is 19.3 Å². The number of nitrogens with one attached hydrogen (secondary N) is 1. The van der Waals surface area contributed by atoms with Crippen LogP contribution in [0.2, 0.25) is 0 Å². The lowest BCUT2D eigenvalue weighted by Crippen LogP contribution is -2.47. The minimum absolute atomic E-state index is 0.209. The van der Waals surface area contributed by atoms with E-state index in [2.05, 4.69) is 16.7 Å². The van der Waals surface area contributed by atoms with Crippen molar-refractivity contribution in [3.63, 3.8) is 0 Å². The van der Waals surface area contributed by atoms with Gasteiger partial charge in [0.25, 0.3) is 0 Å². The smallest absolute Gasteiger partial charge is 0.429 e. The second-order valence-electron chi connectivity index (χ2n) is 2.96. The van der Waals surface area contributed by atoms with Crippen LogP contribution in [0.1, 0.15) is 13.3 Å². The minimum Gasteiger partial charge on any atom is -0.449 e. The Labute approximate surface area is 87.8 Å². The molecule has 1 aliphatic rings. The molecule has 1 N–H and O–H groups in total. The number of amides is 2. The van der Waals surface area contributed by atoms with Crippen LogP contribution >= 0.6 is 0 Å². The van der Waals surface area contributed by atoms with Crippen LogP contribution in [-0.4, -0.2) is 36.5 Å². The summed E-state index contributed by atoms with van der Waals surface area (Å²) in [5, 5.41) is 1.12. The average molecular weight is 214 g/mol. The Balaban J connectivity index is 2.52. The number of carbonyl (C=O) groups is 2. The highest BCUT2D eigenvalue weighted by atomic mass is 16.6. The van der Waals surface area contributed by atoms with Crippen molar-refractivity contribution >= 4 is 12.2 Å². The van der Waals surface area contributed by atoms with E-state index in [1.807, 2.05) is 0 Å². The van der Waals surface area contributed by atoms with Gasteiger partial charge in [-0.05, 0) is 13.3 Å². The van der Waals surface area contributed by atoms with Crippen molar-refractivity contribution in [2.45, 2.75) is 19.4 Å². The largest absolute Gasteiger partial charge is 0.449 e. The molecule has 1 fully saturated rings. The van der Waals surface area contributed by atoms with E-state index in [1.165, 1.54) is 0 Å². The fourth-order valence-electron chi connectivity index (χ4n) is 1.23. The molecule has 0 radical (unpaired) electrons. The zero-order valence-corrected chi connectivity index (χ0v) is 8.56. The number of nitrogens with zero attached hydrogens (tertiary/aromatic N) is 1. The fraction of sp³-hybridized carbons (Fsp3) is 0.556. The Morgan fingerprint density at radius 1 is 1.87 bits per heavy atom. The number of ether oxygens (including phenoxy) is 2. The summed E-state index contributed by atoms with van der Waals surface area (Å²) in [4.78, 5) is 22.3. The van der Waals surface area contributed by atoms with Crippen LogP contribution in [0.15, 0.2) is 12.7 Å². The van der Waals surface area contributed by atoms with Crippen molar-refractivity contribution in [1.82, 2.24) is 10.4 Å². The molecule has 1 aliphatic heterocycles. The lowest BCUT2D eigenvalue weighted by atomic mass is 10.2. The van der Waals surface area contributed by atoms with Gasteiger partial charge in [-0.2, -0.15) is 0 Å². The van der Waals surface area contributed by atoms with Crippen LogP contribution < -0.4 is 5.43 Å². The average Bonchev–Trinajstić information content (AvgIpc) is 2.51. The van der Waals surface area contributed by atoms with Gasteiger partial charge in [0.05, 0.1) is 12.6 Å². The Morgan fingerprint density at radius 3 is 3.20 bits per heavy atom. The normalized spacial score (nSPS) is 19.7. The van der Waals surface area contributed by atoms with Crippen molar-refractivity contribution in [1.29, 1.82) is 0 Å². The number of cyclic esters (lactones) is 1. The Bertz CT molecular complexity index is 267. The summed E-state index contributed by atoms with van der Waals surface area (Å²) in [5.41, 5.74) is 2.31. The fourth-order valence-corrected chi connectivity index (χ4v) is 1.23. The third kappa shape index (κ3) is 2.87. The number of hydrogen-bond acceptors (Lipinski definition) is 4. The maximum absolute atomic E-state index is 11.2. The zero-order valence-electron chi connectivity index (χ0n) is 8.56. The van der Waals surface area contributed by atoms with Gasteiger partial charge in [0.2, 0.25) is 0 Å². The molecular formula is C9H14N2O4. The second kappa shape index (κ2) is 5.23. The van der Waals surface area contributed by atoms with Crippen molar-refractivity contribution < 1.29 is 19.1 Å². The maximum Gasteiger partial charge on any atom is 0.429 e. The van der Waals surface area contributed by atoms with Gasteiger partial charge in [-0.1, -0.05) is 6.08 Å². The minimum atomic E-state index is -0.662. The molecule has 0 aliphatic carbocycles. The van der Waals surface area contributed by atoms with Gasteiger partial charge in [-0.15, -0.1) is 6.58 Å². The lowest BCUT2D eigenvalue weighted by molar-refractivity contribution is 0.107. The summed E-state index contributed by atoms with van der Waals surface area (Å²) in [6.45, 7) is 5.74. The number of hydrazine groups is 1. The molecule has 0 spiro atoms. The summed E-state index contributed by atoms with van der Waals surface area (Å²) in [6, 6.07) is -0.209. The van der Waals surface area contributed by atoms with Gasteiger partial charge in [-0.3, -0.25) is 0 Å². The Kier molecular flexibility index (Phi) is 3.96. The number of carbonyl (C=O) groups excluding carboxylic acids is 2. The highest BCUT2D eigenvalue weighted by Crippen LogP contribution is 2.12. The molecular weight excluding hydrogens is 200 g/mol. The Morgan fingerprint density at radius 2 is 2.60 bits per heavy atom. The molecule has 6 heteroatoms. The predicted octanol–water partition coefficient (Wildman–Crippen LogP) is 1.04. The van der Waals surface area contributed by atoms with Gasteiger partial charge >= 0.3 is 12.2 Å². The van der Waals surface area contributed by atoms with Crippen LogP contribution in [0.5, 0.6) is 0 Å². The molecule has 84 valence electrons. The van der Waals surface area contributed by atoms with Crippen molar-refractivity contribution in [2.24, 2.45) is 0 Å². The molecule has 1 saturated heterocycles. The van der Waals surface area contributed by atoms with Crippen LogP contribution in [-0.2, 0) is 9.47 Å². The summed E-state index contributed by atoms with van der Waals surface area (Å²) in [5.74, 6) is 0. The summed E-state index contributed by atoms with van der Waals surface area (Å²) < 4.78 is 9.43. The molecule has 0 aromatic carbocycles. The van der Waals surface area contributed by atoms with Crippen LogP contribution in [0, 0.1) is 0 Å². The van der Waals surface area contributed by atoms with Crippen molar-refractivity contribution in [2.75, 3.05) is 13.2 Å². The van der Waals surface area contributed by atoms with E-state index in [4.69, 9.17) is 4.74 Å². The van der Waals surface area contributed by atoms with E-state index in [9.17, 15) is 9.59 Å². The first-order valence-corrected chi connectivity index (χ1v) is 4.69. The molecule has 0 unspecified atom stereocenters. The lowest BCUT2D eigenvalue weighted by Gasteiger charge is -2.19. The first-order chi connectivity index (χ1) is 7.19. The van der Waals surface area contributed by atoms with Gasteiger partial charge < -0.3 is 9.47 Å². The van der Waals surface area contributed by atoms with Crippen molar-refractivity contribution in [3.8, 4) is 0 Å². The standard InChI is InChI=1S/C9H14N2O4/c1-3-5-7-6-15-9(13)11(7)10-8(12)14-4-2/h3,7H,1,4-6H2,2H3,(H,10,12)/t7-/m1/s1. The molecule has 15 heavy (non-hydrogen) atoms. The predicted molar refractivity (Wildman–Crippen MR) is 51.9 cm³/mol. The number of rotatable bonds is 4. The van der Waals surface area contributed by atoms with Gasteiger partial charge in [-0.25, -0.2) is 20.0 Å². The van der Waals surface area contributed by atoms with E-state index < -0.39 is 12.2 Å². The molecule has 0 saturated carbocycles. The molecule has 0 aromatic heterocycles. The van der Waals surface area contributed by atoms with Crippen molar-refractivity contribution in [3.05, 3.63) is 12.7 Å². The first-order valence-electron chi connectivity index (χ1n) is 4.69. The molecule has 1 atom stereocenters. The van der Waals surface area contributed by atoms with E-state index in [0.29, 0.717) is 6.42 Å². The highest BCUT2D eigenvalue weighted by Gasteiger charge is 2.33. The maximum atomic E-state index is 11.2. The van der Waals surface area contributed by atoms with Crippen LogP contribution in [0.3, 0.4) is 0 Å². The van der Waals surface area contributed by atoms with Gasteiger partial charge in [0.1, 0.15) is 6.61 Å². The second-order valence-corrected chi connectivity index (χ2v) is 2.96. The highest BCUT2D eigenvalue weighted by molar-refractivity contribution is 5.75. The number of hydrogen-bond donors (Lipinski definition) is 1. The zero-order chi connectivity index (χ0) is 11.3. The molecule has 2 amide bonds. The van der Waals surface area contributed by atoms with E-state index in [1.54, 1.807) is 13.0 Å². The first kappa shape index (κ1) is 11.4. The quantitative estimate of drug-likeness (QED) is 0.710. The summed E-state index contributed by atoms with van der Waals surface area (Å²) in [6.07, 6.45) is 0.977. The Hall–Kier alpha value is -1.72. The molecule has 0 aromatic rings. The third-order valence-electron chi connectivity index (χ3n) is 1.89. The summed E-state index contributed by atoms with van der Waals surface area (Å²) in [7, 11) is 0. The third-order valence-corrected chi connectivity index (χ3v) is 1.89. The summed E-state index contributed by atoms with van der Waals surface area (Å²) >= 11 is 0. The van der Waals surface area contributed by atoms with E-state index in [0.717, 1.165) is 5.01 Å². The van der Waals surface area contributed by atoms with Crippen LogP contribution in [0.4, 0.5) is 9.59 Å². The van der Waals surface area contributed by atoms with Crippen LogP contribution in [0.25, 0.3) is 0 Å². The molecule has 0 bridgehead atoms. The molecule has 1 rings (SSSR count). The topological polar surface area (TPSA) is 67.9 Å². The monoisotopic (exact) mass is 214 g/mol.